The Bertz CT molecular complexity index is 436. The zero-order valence-corrected chi connectivity index (χ0v) is 12.8. The van der Waals surface area contributed by atoms with E-state index in [4.69, 9.17) is 10.5 Å². The van der Waals surface area contributed by atoms with E-state index in [0.29, 0.717) is 19.1 Å². The normalized spacial score (nSPS) is 19.7. The predicted molar refractivity (Wildman–Crippen MR) is 84.0 cm³/mol. The number of hydrogen-bond acceptors (Lipinski definition) is 3. The molecule has 0 radical (unpaired) electrons. The molecule has 1 aromatic carbocycles. The number of amides is 1. The molecule has 2 rings (SSSR count). The van der Waals surface area contributed by atoms with Crippen LogP contribution in [0.5, 0.6) is 0 Å². The third-order valence-corrected chi connectivity index (χ3v) is 4.16. The van der Waals surface area contributed by atoms with Gasteiger partial charge in [-0.1, -0.05) is 30.3 Å². The smallest absolute Gasteiger partial charge is 0.239 e. The average molecular weight is 290 g/mol. The van der Waals surface area contributed by atoms with Crippen molar-refractivity contribution in [3.63, 3.8) is 0 Å². The predicted octanol–water partition coefficient (Wildman–Crippen LogP) is 1.97. The van der Waals surface area contributed by atoms with Crippen LogP contribution in [-0.2, 0) is 16.0 Å². The zero-order chi connectivity index (χ0) is 15.1. The Morgan fingerprint density at radius 1 is 1.43 bits per heavy atom. The maximum atomic E-state index is 12.5. The fourth-order valence-electron chi connectivity index (χ4n) is 3.01. The topological polar surface area (TPSA) is 55.6 Å². The van der Waals surface area contributed by atoms with Gasteiger partial charge in [-0.15, -0.1) is 0 Å². The van der Waals surface area contributed by atoms with Gasteiger partial charge in [-0.3, -0.25) is 4.79 Å². The Hall–Kier alpha value is -1.39. The van der Waals surface area contributed by atoms with E-state index in [1.54, 1.807) is 7.11 Å². The van der Waals surface area contributed by atoms with Crippen molar-refractivity contribution in [1.82, 2.24) is 4.90 Å². The third kappa shape index (κ3) is 4.55. The number of carbonyl (C=O) groups is 1. The van der Waals surface area contributed by atoms with Gasteiger partial charge < -0.3 is 15.4 Å². The van der Waals surface area contributed by atoms with Gasteiger partial charge in [0.15, 0.2) is 0 Å². The first-order valence-corrected chi connectivity index (χ1v) is 7.81. The first kappa shape index (κ1) is 16.0. The minimum Gasteiger partial charge on any atom is -0.385 e. The molecule has 0 bridgehead atoms. The van der Waals surface area contributed by atoms with E-state index in [0.717, 1.165) is 32.2 Å². The number of likely N-dealkylation sites (tertiary alicyclic amines) is 1. The summed E-state index contributed by atoms with van der Waals surface area (Å²) in [5.74, 6) is 0.101. The average Bonchev–Trinajstić information content (AvgIpc) is 2.95. The lowest BCUT2D eigenvalue weighted by Gasteiger charge is -2.27. The zero-order valence-electron chi connectivity index (χ0n) is 12.8. The van der Waals surface area contributed by atoms with Gasteiger partial charge in [0.1, 0.15) is 0 Å². The summed E-state index contributed by atoms with van der Waals surface area (Å²) >= 11 is 0. The van der Waals surface area contributed by atoms with Gasteiger partial charge in [-0.25, -0.2) is 0 Å². The molecule has 0 spiro atoms. The van der Waals surface area contributed by atoms with Gasteiger partial charge >= 0.3 is 0 Å². The SMILES string of the molecule is COCCCC(N)C(=O)N1CCCC1Cc1ccccc1. The summed E-state index contributed by atoms with van der Waals surface area (Å²) < 4.78 is 5.02. The van der Waals surface area contributed by atoms with Crippen molar-refractivity contribution in [2.45, 2.75) is 44.2 Å². The van der Waals surface area contributed by atoms with Crippen LogP contribution in [0.25, 0.3) is 0 Å². The van der Waals surface area contributed by atoms with Crippen LogP contribution in [0.15, 0.2) is 30.3 Å². The van der Waals surface area contributed by atoms with Crippen molar-refractivity contribution in [3.05, 3.63) is 35.9 Å². The lowest BCUT2D eigenvalue weighted by molar-refractivity contribution is -0.133. The molecule has 116 valence electrons. The molecular formula is C17H26N2O2. The van der Waals surface area contributed by atoms with Crippen LogP contribution in [-0.4, -0.2) is 43.2 Å². The highest BCUT2D eigenvalue weighted by atomic mass is 16.5. The highest BCUT2D eigenvalue weighted by Crippen LogP contribution is 2.22. The Kier molecular flexibility index (Phi) is 6.21. The molecule has 1 aromatic rings. The standard InChI is InChI=1S/C17H26N2O2/c1-21-12-6-10-16(18)17(20)19-11-5-9-15(19)13-14-7-3-2-4-8-14/h2-4,7-8,15-16H,5-6,9-13,18H2,1H3. The second kappa shape index (κ2) is 8.15. The maximum Gasteiger partial charge on any atom is 0.239 e. The number of benzene rings is 1. The molecule has 1 aliphatic rings. The van der Waals surface area contributed by atoms with E-state index in [9.17, 15) is 4.79 Å². The Labute approximate surface area is 127 Å². The van der Waals surface area contributed by atoms with Crippen molar-refractivity contribution in [2.24, 2.45) is 5.73 Å². The van der Waals surface area contributed by atoms with Gasteiger partial charge in [-0.05, 0) is 37.7 Å². The molecule has 2 atom stereocenters. The number of ether oxygens (including phenoxy) is 1. The van der Waals surface area contributed by atoms with Crippen LogP contribution in [0.1, 0.15) is 31.2 Å². The number of nitrogens with two attached hydrogens (primary N) is 1. The Balaban J connectivity index is 1.90. The largest absolute Gasteiger partial charge is 0.385 e. The molecule has 4 nitrogen and oxygen atoms in total. The highest BCUT2D eigenvalue weighted by Gasteiger charge is 2.31. The molecule has 1 saturated heterocycles. The first-order valence-electron chi connectivity index (χ1n) is 7.81. The molecule has 21 heavy (non-hydrogen) atoms. The summed E-state index contributed by atoms with van der Waals surface area (Å²) in [4.78, 5) is 14.5. The summed E-state index contributed by atoms with van der Waals surface area (Å²) in [7, 11) is 1.67. The van der Waals surface area contributed by atoms with Gasteiger partial charge in [0.05, 0.1) is 6.04 Å². The molecule has 1 heterocycles. The molecular weight excluding hydrogens is 264 g/mol. The quantitative estimate of drug-likeness (QED) is 0.781. The molecule has 4 heteroatoms. The molecule has 1 amide bonds. The van der Waals surface area contributed by atoms with Gasteiger partial charge in [0.25, 0.3) is 0 Å². The number of carbonyl (C=O) groups excluding carboxylic acids is 1. The maximum absolute atomic E-state index is 12.5. The number of methoxy groups -OCH3 is 1. The highest BCUT2D eigenvalue weighted by molar-refractivity contribution is 5.82. The van der Waals surface area contributed by atoms with Gasteiger partial charge in [0, 0.05) is 26.3 Å². The number of nitrogens with zero attached hydrogens (tertiary/aromatic N) is 1. The Morgan fingerprint density at radius 2 is 2.19 bits per heavy atom. The van der Waals surface area contributed by atoms with E-state index in [-0.39, 0.29) is 5.91 Å². The molecule has 2 unspecified atom stereocenters. The van der Waals surface area contributed by atoms with Crippen molar-refractivity contribution < 1.29 is 9.53 Å². The van der Waals surface area contributed by atoms with Gasteiger partial charge in [-0.2, -0.15) is 0 Å². The van der Waals surface area contributed by atoms with Crippen LogP contribution < -0.4 is 5.73 Å². The first-order chi connectivity index (χ1) is 10.2. The second-order valence-electron chi connectivity index (χ2n) is 5.76. The second-order valence-corrected chi connectivity index (χ2v) is 5.76. The number of rotatable bonds is 7. The van der Waals surface area contributed by atoms with Crippen molar-refractivity contribution in [3.8, 4) is 0 Å². The van der Waals surface area contributed by atoms with Crippen molar-refractivity contribution in [2.75, 3.05) is 20.3 Å². The van der Waals surface area contributed by atoms with E-state index < -0.39 is 6.04 Å². The van der Waals surface area contributed by atoms with E-state index >= 15 is 0 Å². The van der Waals surface area contributed by atoms with E-state index in [2.05, 4.69) is 12.1 Å². The van der Waals surface area contributed by atoms with E-state index in [1.165, 1.54) is 5.56 Å². The summed E-state index contributed by atoms with van der Waals surface area (Å²) in [6.45, 7) is 1.50. The molecule has 0 aliphatic carbocycles. The third-order valence-electron chi connectivity index (χ3n) is 4.16. The lowest BCUT2D eigenvalue weighted by Crippen LogP contribution is -2.46. The monoisotopic (exact) mass is 290 g/mol. The van der Waals surface area contributed by atoms with Crippen LogP contribution in [0.4, 0.5) is 0 Å². The molecule has 1 fully saturated rings. The summed E-state index contributed by atoms with van der Waals surface area (Å²) in [5.41, 5.74) is 7.33. The molecule has 0 saturated carbocycles. The molecule has 2 N–H and O–H groups in total. The number of hydrogen-bond donors (Lipinski definition) is 1. The molecule has 0 aromatic heterocycles. The summed E-state index contributed by atoms with van der Waals surface area (Å²) in [6.07, 6.45) is 4.61. The summed E-state index contributed by atoms with van der Waals surface area (Å²) in [5, 5.41) is 0. The van der Waals surface area contributed by atoms with Gasteiger partial charge in [0.2, 0.25) is 5.91 Å². The van der Waals surface area contributed by atoms with E-state index in [1.807, 2.05) is 23.1 Å². The molecule has 1 aliphatic heterocycles. The van der Waals surface area contributed by atoms with Crippen molar-refractivity contribution in [1.29, 1.82) is 0 Å². The fourth-order valence-corrected chi connectivity index (χ4v) is 3.01. The lowest BCUT2D eigenvalue weighted by atomic mass is 10.0. The van der Waals surface area contributed by atoms with Crippen LogP contribution in [0.2, 0.25) is 0 Å². The van der Waals surface area contributed by atoms with Crippen LogP contribution in [0.3, 0.4) is 0 Å². The Morgan fingerprint density at radius 3 is 2.90 bits per heavy atom. The van der Waals surface area contributed by atoms with Crippen LogP contribution in [0, 0.1) is 0 Å². The minimum absolute atomic E-state index is 0.101. The fraction of sp³-hybridized carbons (Fsp3) is 0.588. The summed E-state index contributed by atoms with van der Waals surface area (Å²) in [6, 6.07) is 10.3. The minimum atomic E-state index is -0.392. The van der Waals surface area contributed by atoms with Crippen molar-refractivity contribution >= 4 is 5.91 Å². The van der Waals surface area contributed by atoms with Crippen LogP contribution >= 0.6 is 0 Å².